The summed E-state index contributed by atoms with van der Waals surface area (Å²) in [6, 6.07) is 9.30. The lowest BCUT2D eigenvalue weighted by Gasteiger charge is -2.06. The molecule has 0 aliphatic rings. The fraction of sp³-hybridized carbons (Fsp3) is 0.133. The average molecular weight is 263 g/mol. The van der Waals surface area contributed by atoms with Gasteiger partial charge in [-0.25, -0.2) is 4.39 Å². The van der Waals surface area contributed by atoms with E-state index < -0.39 is 5.82 Å². The van der Waals surface area contributed by atoms with Crippen LogP contribution in [0.3, 0.4) is 0 Å². The number of aryl methyl sites for hydroxylation is 2. The number of ketones is 1. The highest BCUT2D eigenvalue weighted by atomic mass is 35.5. The van der Waals surface area contributed by atoms with Crippen LogP contribution in [-0.4, -0.2) is 5.78 Å². The largest absolute Gasteiger partial charge is 0.288 e. The molecular weight excluding hydrogens is 251 g/mol. The zero-order valence-electron chi connectivity index (χ0n) is 10.1. The fourth-order valence-corrected chi connectivity index (χ4v) is 1.88. The summed E-state index contributed by atoms with van der Waals surface area (Å²) in [5.74, 6) is -0.902. The van der Waals surface area contributed by atoms with Crippen molar-refractivity contribution in [3.05, 3.63) is 69.5 Å². The molecule has 0 heterocycles. The first-order valence-electron chi connectivity index (χ1n) is 5.56. The van der Waals surface area contributed by atoms with Gasteiger partial charge in [-0.05, 0) is 49.2 Å². The van der Waals surface area contributed by atoms with Crippen molar-refractivity contribution in [3.63, 3.8) is 0 Å². The SMILES string of the molecule is Cc1ccc(C(=O)c2cc(Cl)ccc2F)cc1C. The van der Waals surface area contributed by atoms with Crippen LogP contribution >= 0.6 is 11.6 Å². The molecule has 0 bridgehead atoms. The molecule has 0 fully saturated rings. The third-order valence-corrected chi connectivity index (χ3v) is 3.18. The van der Waals surface area contributed by atoms with Gasteiger partial charge in [0.15, 0.2) is 5.78 Å². The van der Waals surface area contributed by atoms with Crippen molar-refractivity contribution in [1.29, 1.82) is 0 Å². The molecule has 0 N–H and O–H groups in total. The van der Waals surface area contributed by atoms with Crippen molar-refractivity contribution < 1.29 is 9.18 Å². The summed E-state index contributed by atoms with van der Waals surface area (Å²) in [5, 5.41) is 0.351. The number of hydrogen-bond acceptors (Lipinski definition) is 1. The van der Waals surface area contributed by atoms with Gasteiger partial charge in [0, 0.05) is 10.6 Å². The molecule has 0 atom stereocenters. The van der Waals surface area contributed by atoms with Crippen LogP contribution in [0.25, 0.3) is 0 Å². The maximum absolute atomic E-state index is 13.6. The molecule has 0 aliphatic carbocycles. The van der Waals surface area contributed by atoms with Crippen molar-refractivity contribution in [3.8, 4) is 0 Å². The molecule has 2 aromatic carbocycles. The Morgan fingerprint density at radius 2 is 1.78 bits per heavy atom. The van der Waals surface area contributed by atoms with Crippen molar-refractivity contribution >= 4 is 17.4 Å². The van der Waals surface area contributed by atoms with Crippen LogP contribution in [0.4, 0.5) is 4.39 Å². The number of carbonyl (C=O) groups excluding carboxylic acids is 1. The van der Waals surface area contributed by atoms with Gasteiger partial charge in [0.25, 0.3) is 0 Å². The second-order valence-electron chi connectivity index (χ2n) is 4.25. The topological polar surface area (TPSA) is 17.1 Å². The monoisotopic (exact) mass is 262 g/mol. The summed E-state index contributed by atoms with van der Waals surface area (Å²) >= 11 is 5.79. The van der Waals surface area contributed by atoms with E-state index in [1.54, 1.807) is 12.1 Å². The number of hydrogen-bond donors (Lipinski definition) is 0. The molecule has 0 saturated heterocycles. The summed E-state index contributed by atoms with van der Waals surface area (Å²) in [6.07, 6.45) is 0. The van der Waals surface area contributed by atoms with Crippen LogP contribution in [-0.2, 0) is 0 Å². The highest BCUT2D eigenvalue weighted by molar-refractivity contribution is 6.31. The van der Waals surface area contributed by atoms with Crippen LogP contribution in [0.2, 0.25) is 5.02 Å². The highest BCUT2D eigenvalue weighted by Gasteiger charge is 2.14. The number of halogens is 2. The Bertz CT molecular complexity index is 620. The lowest BCUT2D eigenvalue weighted by molar-refractivity contribution is 0.103. The molecule has 0 radical (unpaired) electrons. The molecule has 0 saturated carbocycles. The Balaban J connectivity index is 2.47. The molecule has 0 amide bonds. The number of benzene rings is 2. The minimum atomic E-state index is -0.553. The molecule has 2 aromatic rings. The van der Waals surface area contributed by atoms with Gasteiger partial charge < -0.3 is 0 Å². The third kappa shape index (κ3) is 2.44. The first kappa shape index (κ1) is 12.8. The first-order valence-corrected chi connectivity index (χ1v) is 5.94. The van der Waals surface area contributed by atoms with E-state index in [9.17, 15) is 9.18 Å². The minimum Gasteiger partial charge on any atom is -0.288 e. The maximum atomic E-state index is 13.6. The second-order valence-corrected chi connectivity index (χ2v) is 4.69. The lowest BCUT2D eigenvalue weighted by atomic mass is 9.99. The van der Waals surface area contributed by atoms with E-state index in [-0.39, 0.29) is 11.3 Å². The van der Waals surface area contributed by atoms with E-state index in [4.69, 9.17) is 11.6 Å². The van der Waals surface area contributed by atoms with E-state index in [0.717, 1.165) is 11.1 Å². The van der Waals surface area contributed by atoms with Crippen molar-refractivity contribution in [2.75, 3.05) is 0 Å². The molecule has 0 aliphatic heterocycles. The molecule has 0 unspecified atom stereocenters. The maximum Gasteiger partial charge on any atom is 0.196 e. The molecule has 2 rings (SSSR count). The summed E-state index contributed by atoms with van der Waals surface area (Å²) in [7, 11) is 0. The van der Waals surface area contributed by atoms with Gasteiger partial charge >= 0.3 is 0 Å². The number of rotatable bonds is 2. The second kappa shape index (κ2) is 4.91. The molecule has 0 spiro atoms. The normalized spacial score (nSPS) is 10.4. The van der Waals surface area contributed by atoms with Gasteiger partial charge in [-0.2, -0.15) is 0 Å². The Morgan fingerprint density at radius 1 is 1.06 bits per heavy atom. The fourth-order valence-electron chi connectivity index (χ4n) is 1.71. The van der Waals surface area contributed by atoms with Crippen LogP contribution in [0.5, 0.6) is 0 Å². The first-order chi connectivity index (χ1) is 8.49. The molecule has 18 heavy (non-hydrogen) atoms. The number of carbonyl (C=O) groups is 1. The van der Waals surface area contributed by atoms with E-state index >= 15 is 0 Å². The summed E-state index contributed by atoms with van der Waals surface area (Å²) in [5.41, 5.74) is 2.58. The highest BCUT2D eigenvalue weighted by Crippen LogP contribution is 2.19. The zero-order chi connectivity index (χ0) is 13.3. The Kier molecular flexibility index (Phi) is 3.48. The Hall–Kier alpha value is -1.67. The lowest BCUT2D eigenvalue weighted by Crippen LogP contribution is -2.05. The van der Waals surface area contributed by atoms with Gasteiger partial charge in [0.1, 0.15) is 5.82 Å². The van der Waals surface area contributed by atoms with Gasteiger partial charge in [-0.1, -0.05) is 23.7 Å². The smallest absolute Gasteiger partial charge is 0.196 e. The average Bonchev–Trinajstić information content (AvgIpc) is 2.35. The van der Waals surface area contributed by atoms with E-state index in [1.165, 1.54) is 18.2 Å². The molecule has 0 aromatic heterocycles. The summed E-state index contributed by atoms with van der Waals surface area (Å²) in [6.45, 7) is 3.88. The molecule has 92 valence electrons. The summed E-state index contributed by atoms with van der Waals surface area (Å²) < 4.78 is 13.6. The molecule has 3 heteroatoms. The van der Waals surface area contributed by atoms with E-state index in [1.807, 2.05) is 19.9 Å². The standard InChI is InChI=1S/C15H12ClFO/c1-9-3-4-11(7-10(9)2)15(18)13-8-12(16)5-6-14(13)17/h3-8H,1-2H3. The van der Waals surface area contributed by atoms with Crippen molar-refractivity contribution in [2.24, 2.45) is 0 Å². The predicted molar refractivity (Wildman–Crippen MR) is 70.8 cm³/mol. The van der Waals surface area contributed by atoms with Crippen LogP contribution < -0.4 is 0 Å². The van der Waals surface area contributed by atoms with Crippen LogP contribution in [0, 0.1) is 19.7 Å². The third-order valence-electron chi connectivity index (χ3n) is 2.94. The van der Waals surface area contributed by atoms with Gasteiger partial charge in [-0.3, -0.25) is 4.79 Å². The Labute approximate surface area is 110 Å². The predicted octanol–water partition coefficient (Wildman–Crippen LogP) is 4.33. The molecular formula is C15H12ClFO. The van der Waals surface area contributed by atoms with Gasteiger partial charge in [0.2, 0.25) is 0 Å². The van der Waals surface area contributed by atoms with Crippen molar-refractivity contribution in [1.82, 2.24) is 0 Å². The van der Waals surface area contributed by atoms with Crippen molar-refractivity contribution in [2.45, 2.75) is 13.8 Å². The molecule has 1 nitrogen and oxygen atoms in total. The van der Waals surface area contributed by atoms with Gasteiger partial charge in [-0.15, -0.1) is 0 Å². The Morgan fingerprint density at radius 3 is 2.44 bits per heavy atom. The zero-order valence-corrected chi connectivity index (χ0v) is 10.9. The van der Waals surface area contributed by atoms with E-state index in [2.05, 4.69) is 0 Å². The summed E-state index contributed by atoms with van der Waals surface area (Å²) in [4.78, 5) is 12.2. The van der Waals surface area contributed by atoms with Crippen LogP contribution in [0.1, 0.15) is 27.0 Å². The minimum absolute atomic E-state index is 0.00533. The quantitative estimate of drug-likeness (QED) is 0.737. The van der Waals surface area contributed by atoms with E-state index in [0.29, 0.717) is 10.6 Å². The van der Waals surface area contributed by atoms with Crippen LogP contribution in [0.15, 0.2) is 36.4 Å². The van der Waals surface area contributed by atoms with Gasteiger partial charge in [0.05, 0.1) is 5.56 Å².